The summed E-state index contributed by atoms with van der Waals surface area (Å²) in [5.41, 5.74) is 0.891. The second-order valence-corrected chi connectivity index (χ2v) is 6.57. The predicted molar refractivity (Wildman–Crippen MR) is 91.2 cm³/mol. The van der Waals surface area contributed by atoms with Crippen molar-refractivity contribution in [3.8, 4) is 5.75 Å². The highest BCUT2D eigenvalue weighted by Gasteiger charge is 2.35. The van der Waals surface area contributed by atoms with Gasteiger partial charge in [-0.15, -0.1) is 0 Å². The van der Waals surface area contributed by atoms with Gasteiger partial charge in [0.1, 0.15) is 5.75 Å². The van der Waals surface area contributed by atoms with Crippen molar-refractivity contribution < 1.29 is 19.4 Å². The van der Waals surface area contributed by atoms with Crippen LogP contribution in [0.5, 0.6) is 5.75 Å². The molecule has 0 unspecified atom stereocenters. The molecule has 1 aliphatic heterocycles. The molecule has 0 aromatic heterocycles. The summed E-state index contributed by atoms with van der Waals surface area (Å²) in [6, 6.07) is 7.90. The normalized spacial score (nSPS) is 20.2. The van der Waals surface area contributed by atoms with E-state index < -0.39 is 5.97 Å². The third-order valence-electron chi connectivity index (χ3n) is 4.51. The zero-order valence-corrected chi connectivity index (χ0v) is 14.4. The molecule has 0 spiro atoms. The molecule has 1 aromatic carbocycles. The van der Waals surface area contributed by atoms with Crippen LogP contribution in [0.15, 0.2) is 24.3 Å². The molecule has 0 bridgehead atoms. The zero-order chi connectivity index (χ0) is 17.6. The van der Waals surface area contributed by atoms with E-state index in [-0.39, 0.29) is 18.0 Å². The minimum Gasteiger partial charge on any atom is -0.497 e. The molecule has 2 N–H and O–H groups in total. The Morgan fingerprint density at radius 3 is 2.67 bits per heavy atom. The summed E-state index contributed by atoms with van der Waals surface area (Å²) in [6.07, 6.45) is 2.96. The lowest BCUT2D eigenvalue weighted by Gasteiger charge is -2.25. The Morgan fingerprint density at radius 1 is 1.33 bits per heavy atom. The van der Waals surface area contributed by atoms with Crippen molar-refractivity contribution >= 4 is 11.9 Å². The van der Waals surface area contributed by atoms with Crippen LogP contribution in [0.3, 0.4) is 0 Å². The monoisotopic (exact) mass is 334 g/mol. The molecular formula is C18H26N2O4. The lowest BCUT2D eigenvalue weighted by atomic mass is 10.0. The SMILES string of the molecule is COc1ccc(CCCC(=O)N2CC[C@](C)(NCC(=O)O)C2)cc1. The van der Waals surface area contributed by atoms with Crippen LogP contribution >= 0.6 is 0 Å². The Balaban J connectivity index is 1.73. The van der Waals surface area contributed by atoms with Crippen LogP contribution in [0.25, 0.3) is 0 Å². The first kappa shape index (κ1) is 18.3. The van der Waals surface area contributed by atoms with E-state index in [4.69, 9.17) is 9.84 Å². The zero-order valence-electron chi connectivity index (χ0n) is 14.4. The van der Waals surface area contributed by atoms with Crippen molar-refractivity contribution in [2.75, 3.05) is 26.7 Å². The number of carbonyl (C=O) groups excluding carboxylic acids is 1. The number of benzene rings is 1. The average molecular weight is 334 g/mol. The van der Waals surface area contributed by atoms with E-state index in [1.807, 2.05) is 36.1 Å². The second kappa shape index (κ2) is 8.15. The minimum atomic E-state index is -0.875. The van der Waals surface area contributed by atoms with E-state index in [0.717, 1.165) is 25.0 Å². The molecule has 1 heterocycles. The van der Waals surface area contributed by atoms with E-state index in [2.05, 4.69) is 5.32 Å². The van der Waals surface area contributed by atoms with Crippen LogP contribution < -0.4 is 10.1 Å². The number of amides is 1. The number of carbonyl (C=O) groups is 2. The fraction of sp³-hybridized carbons (Fsp3) is 0.556. The highest BCUT2D eigenvalue weighted by atomic mass is 16.5. The van der Waals surface area contributed by atoms with Crippen molar-refractivity contribution in [3.05, 3.63) is 29.8 Å². The second-order valence-electron chi connectivity index (χ2n) is 6.57. The Morgan fingerprint density at radius 2 is 2.04 bits per heavy atom. The molecule has 1 fully saturated rings. The van der Waals surface area contributed by atoms with Gasteiger partial charge >= 0.3 is 5.97 Å². The number of hydrogen-bond acceptors (Lipinski definition) is 4. The number of aliphatic carboxylic acids is 1. The lowest BCUT2D eigenvalue weighted by molar-refractivity contribution is -0.136. The number of rotatable bonds is 8. The smallest absolute Gasteiger partial charge is 0.317 e. The number of carboxylic acid groups (broad SMARTS) is 1. The number of aryl methyl sites for hydroxylation is 1. The highest BCUT2D eigenvalue weighted by Crippen LogP contribution is 2.22. The summed E-state index contributed by atoms with van der Waals surface area (Å²) in [5.74, 6) is 0.102. The third-order valence-corrected chi connectivity index (χ3v) is 4.51. The summed E-state index contributed by atoms with van der Waals surface area (Å²) >= 11 is 0. The van der Waals surface area contributed by atoms with Crippen molar-refractivity contribution in [1.82, 2.24) is 10.2 Å². The van der Waals surface area contributed by atoms with Gasteiger partial charge < -0.3 is 14.7 Å². The van der Waals surface area contributed by atoms with Crippen LogP contribution in [-0.2, 0) is 16.0 Å². The van der Waals surface area contributed by atoms with E-state index >= 15 is 0 Å². The summed E-state index contributed by atoms with van der Waals surface area (Å²) < 4.78 is 5.13. The van der Waals surface area contributed by atoms with Gasteiger partial charge in [-0.05, 0) is 43.9 Å². The average Bonchev–Trinajstić information content (AvgIpc) is 2.97. The number of hydrogen-bond donors (Lipinski definition) is 2. The van der Waals surface area contributed by atoms with Crippen molar-refractivity contribution in [2.45, 2.75) is 38.1 Å². The maximum Gasteiger partial charge on any atom is 0.317 e. The molecule has 1 saturated heterocycles. The summed E-state index contributed by atoms with van der Waals surface area (Å²) in [4.78, 5) is 24.8. The molecule has 0 saturated carbocycles. The number of likely N-dealkylation sites (tertiary alicyclic amines) is 1. The number of nitrogens with one attached hydrogen (secondary N) is 1. The van der Waals surface area contributed by atoms with Crippen LogP contribution in [0.4, 0.5) is 0 Å². The molecule has 1 atom stereocenters. The lowest BCUT2D eigenvalue weighted by Crippen LogP contribution is -2.47. The largest absolute Gasteiger partial charge is 0.497 e. The number of carboxylic acids is 1. The molecule has 6 heteroatoms. The van der Waals surface area contributed by atoms with E-state index in [1.54, 1.807) is 7.11 Å². The van der Waals surface area contributed by atoms with Gasteiger partial charge in [-0.25, -0.2) is 0 Å². The Kier molecular flexibility index (Phi) is 6.20. The van der Waals surface area contributed by atoms with E-state index in [1.165, 1.54) is 5.56 Å². The number of nitrogens with zero attached hydrogens (tertiary/aromatic N) is 1. The quantitative estimate of drug-likeness (QED) is 0.756. The summed E-state index contributed by atoms with van der Waals surface area (Å²) in [5, 5.41) is 11.8. The van der Waals surface area contributed by atoms with E-state index in [0.29, 0.717) is 19.5 Å². The first-order valence-electron chi connectivity index (χ1n) is 8.29. The highest BCUT2D eigenvalue weighted by molar-refractivity contribution is 5.76. The molecule has 2 rings (SSSR count). The number of methoxy groups -OCH3 is 1. The summed E-state index contributed by atoms with van der Waals surface area (Å²) in [7, 11) is 1.64. The molecule has 132 valence electrons. The van der Waals surface area contributed by atoms with Crippen LogP contribution in [0.1, 0.15) is 31.7 Å². The van der Waals surface area contributed by atoms with Gasteiger partial charge in [0.05, 0.1) is 13.7 Å². The van der Waals surface area contributed by atoms with Crippen LogP contribution in [0.2, 0.25) is 0 Å². The molecular weight excluding hydrogens is 308 g/mol. The van der Waals surface area contributed by atoms with Crippen LogP contribution in [-0.4, -0.2) is 54.2 Å². The fourth-order valence-corrected chi connectivity index (χ4v) is 3.00. The van der Waals surface area contributed by atoms with Gasteiger partial charge in [0.15, 0.2) is 0 Å². The standard InChI is InChI=1S/C18H26N2O4/c1-18(19-12-17(22)23)10-11-20(13-18)16(21)5-3-4-14-6-8-15(24-2)9-7-14/h6-9,19H,3-5,10-13H2,1-2H3,(H,22,23)/t18-/m0/s1. The molecule has 1 aromatic rings. The van der Waals surface area contributed by atoms with Crippen LogP contribution in [0, 0.1) is 0 Å². The van der Waals surface area contributed by atoms with Gasteiger partial charge in [-0.2, -0.15) is 0 Å². The Bertz CT molecular complexity index is 573. The molecule has 0 radical (unpaired) electrons. The Labute approximate surface area is 142 Å². The predicted octanol–water partition coefficient (Wildman–Crippen LogP) is 1.68. The molecule has 24 heavy (non-hydrogen) atoms. The van der Waals surface area contributed by atoms with Crippen molar-refractivity contribution in [2.24, 2.45) is 0 Å². The minimum absolute atomic E-state index is 0.0734. The maximum absolute atomic E-state index is 12.3. The molecule has 6 nitrogen and oxygen atoms in total. The topological polar surface area (TPSA) is 78.9 Å². The van der Waals surface area contributed by atoms with E-state index in [9.17, 15) is 9.59 Å². The first-order valence-corrected chi connectivity index (χ1v) is 8.29. The van der Waals surface area contributed by atoms with Gasteiger partial charge in [0.25, 0.3) is 0 Å². The van der Waals surface area contributed by atoms with Gasteiger partial charge in [-0.3, -0.25) is 14.9 Å². The maximum atomic E-state index is 12.3. The third kappa shape index (κ3) is 5.23. The van der Waals surface area contributed by atoms with Gasteiger partial charge in [-0.1, -0.05) is 12.1 Å². The van der Waals surface area contributed by atoms with Crippen molar-refractivity contribution in [3.63, 3.8) is 0 Å². The molecule has 1 aliphatic rings. The Hall–Kier alpha value is -2.08. The molecule has 1 amide bonds. The fourth-order valence-electron chi connectivity index (χ4n) is 3.00. The molecule has 0 aliphatic carbocycles. The number of ether oxygens (including phenoxy) is 1. The van der Waals surface area contributed by atoms with Gasteiger partial charge in [0, 0.05) is 25.0 Å². The van der Waals surface area contributed by atoms with Gasteiger partial charge in [0.2, 0.25) is 5.91 Å². The summed E-state index contributed by atoms with van der Waals surface area (Å²) in [6.45, 7) is 3.16. The van der Waals surface area contributed by atoms with Crippen molar-refractivity contribution in [1.29, 1.82) is 0 Å². The first-order chi connectivity index (χ1) is 11.4.